The zero-order valence-corrected chi connectivity index (χ0v) is 34.5. The summed E-state index contributed by atoms with van der Waals surface area (Å²) in [7, 11) is 0. The normalized spacial score (nSPS) is 22.0. The van der Waals surface area contributed by atoms with Crippen molar-refractivity contribution in [2.75, 3.05) is 26.4 Å². The van der Waals surface area contributed by atoms with Crippen LogP contribution in [0.5, 0.6) is 11.5 Å². The van der Waals surface area contributed by atoms with Crippen molar-refractivity contribution in [1.29, 1.82) is 0 Å². The Morgan fingerprint density at radius 1 is 0.623 bits per heavy atom. The van der Waals surface area contributed by atoms with E-state index in [1.54, 1.807) is 36.4 Å². The molecule has 4 aromatic rings. The van der Waals surface area contributed by atoms with Crippen LogP contribution in [-0.2, 0) is 36.2 Å². The highest BCUT2D eigenvalue weighted by Gasteiger charge is 2.42. The fraction of sp³-hybridized carbons (Fsp3) is 0.591. The van der Waals surface area contributed by atoms with Gasteiger partial charge in [-0.3, -0.25) is 0 Å². The molecular formula is C44H51ClF4N2O10. The van der Waals surface area contributed by atoms with Gasteiger partial charge in [-0.05, 0) is 75.6 Å². The summed E-state index contributed by atoms with van der Waals surface area (Å²) in [6.45, 7) is -2.72. The van der Waals surface area contributed by atoms with Gasteiger partial charge in [-0.2, -0.15) is 17.6 Å². The van der Waals surface area contributed by atoms with Crippen LogP contribution in [0.15, 0.2) is 57.6 Å². The molecule has 0 atom stereocenters. The number of benzene rings is 2. The van der Waals surface area contributed by atoms with Gasteiger partial charge in [-0.1, -0.05) is 34.6 Å². The molecule has 2 aromatic carbocycles. The zero-order valence-electron chi connectivity index (χ0n) is 33.7. The van der Waals surface area contributed by atoms with Crippen LogP contribution in [0.25, 0.3) is 22.5 Å². The lowest BCUT2D eigenvalue weighted by atomic mass is 9.91. The van der Waals surface area contributed by atoms with Crippen LogP contribution in [0.1, 0.15) is 112 Å². The van der Waals surface area contributed by atoms with Crippen LogP contribution in [0, 0.1) is 0 Å². The van der Waals surface area contributed by atoms with Crippen molar-refractivity contribution in [3.63, 3.8) is 0 Å². The topological polar surface area (TPSA) is 137 Å². The van der Waals surface area contributed by atoms with Gasteiger partial charge in [0.15, 0.2) is 11.6 Å². The van der Waals surface area contributed by atoms with Crippen molar-refractivity contribution in [3.05, 3.63) is 71.2 Å². The summed E-state index contributed by atoms with van der Waals surface area (Å²) in [6.07, 6.45) is 10.8. The average Bonchev–Trinajstić information content (AvgIpc) is 4.09. The number of hydrogen-bond donors (Lipinski definition) is 1. The van der Waals surface area contributed by atoms with Crippen molar-refractivity contribution in [2.24, 2.45) is 0 Å². The van der Waals surface area contributed by atoms with Crippen molar-refractivity contribution in [3.8, 4) is 34.0 Å². The molecule has 2 aromatic heterocycles. The van der Waals surface area contributed by atoms with E-state index in [9.17, 15) is 22.7 Å². The highest BCUT2D eigenvalue weighted by molar-refractivity contribution is 6.17. The van der Waals surface area contributed by atoms with Gasteiger partial charge < -0.3 is 47.3 Å². The van der Waals surface area contributed by atoms with E-state index in [0.29, 0.717) is 54.2 Å². The number of aliphatic hydroxyl groups excluding tert-OH is 1. The molecule has 61 heavy (non-hydrogen) atoms. The highest BCUT2D eigenvalue weighted by atomic mass is 35.5. The van der Waals surface area contributed by atoms with Crippen LogP contribution in [0.2, 0.25) is 0 Å². The summed E-state index contributed by atoms with van der Waals surface area (Å²) in [4.78, 5) is 0. The molecule has 2 aliphatic heterocycles. The first kappa shape index (κ1) is 43.9. The van der Waals surface area contributed by atoms with Gasteiger partial charge in [0.2, 0.25) is 0 Å². The minimum Gasteiger partial charge on any atom is -0.434 e. The van der Waals surface area contributed by atoms with Gasteiger partial charge in [0.05, 0.1) is 51.1 Å². The Morgan fingerprint density at radius 3 is 1.49 bits per heavy atom. The largest absolute Gasteiger partial charge is 0.434 e. The molecule has 1 N–H and O–H groups in total. The molecule has 4 heterocycles. The number of ether oxygens (including phenoxy) is 7. The van der Waals surface area contributed by atoms with Crippen molar-refractivity contribution in [2.45, 2.75) is 138 Å². The second kappa shape index (κ2) is 19.7. The number of hydrogen-bond acceptors (Lipinski definition) is 12. The molecule has 2 spiro atoms. The Hall–Kier alpha value is -3.77. The van der Waals surface area contributed by atoms with Crippen LogP contribution in [0.4, 0.5) is 17.6 Å². The smallest absolute Gasteiger partial charge is 0.387 e. The number of alkyl halides is 5. The van der Waals surface area contributed by atoms with E-state index in [0.717, 1.165) is 113 Å². The standard InChI is InChI=1S/C22H25F2NO5.C14H12ClF2NO2.C8H14O3/c23-21(24)29-18-4-2-1-3-16(18)19-17(20(30-25-19)14-5-6-14)13-26-15-7-9-22(10-8-15)27-11-12-28-22;15-7-10-12(18-20-13(10)8-5-6-8)9-3-1-2-4-11(9)19-14(16)17;9-7-1-3-8(4-2-7)10-5-6-11-8/h1-4,14-15,21H,5-13H2;1-4,8,14H,5-7H2;7,9H,1-6H2. The third-order valence-corrected chi connectivity index (χ3v) is 12.2. The predicted octanol–water partition coefficient (Wildman–Crippen LogP) is 10.2. The maximum atomic E-state index is 12.9. The SMILES string of the molecule is FC(F)Oc1ccccc1-c1noc(C2CC2)c1CCl.FC(F)Oc1ccccc1-c1noc(C2CC2)c1COC1CCC2(CC1)OCCO2.OC1CCC2(CC1)OCCO2. The average molecular weight is 879 g/mol. The molecular weight excluding hydrogens is 828 g/mol. The molecule has 332 valence electrons. The molecule has 0 radical (unpaired) electrons. The quantitative estimate of drug-likeness (QED) is 0.107. The number of nitrogens with zero attached hydrogens (tertiary/aromatic N) is 2. The first-order chi connectivity index (χ1) is 29.6. The van der Waals surface area contributed by atoms with E-state index < -0.39 is 19.0 Å². The van der Waals surface area contributed by atoms with Gasteiger partial charge >= 0.3 is 13.2 Å². The Balaban J connectivity index is 0.000000142. The summed E-state index contributed by atoms with van der Waals surface area (Å²) in [6, 6.07) is 13.2. The molecule has 0 bridgehead atoms. The van der Waals surface area contributed by atoms with Crippen molar-refractivity contribution < 1.29 is 64.9 Å². The first-order valence-corrected chi connectivity index (χ1v) is 21.6. The monoisotopic (exact) mass is 878 g/mol. The molecule has 6 aliphatic rings. The summed E-state index contributed by atoms with van der Waals surface area (Å²) in [5.41, 5.74) is 3.55. The minimum absolute atomic E-state index is 0.0736. The third-order valence-electron chi connectivity index (χ3n) is 11.9. The third kappa shape index (κ3) is 10.9. The number of para-hydroxylation sites is 2. The number of aliphatic hydroxyl groups is 1. The Morgan fingerprint density at radius 2 is 1.05 bits per heavy atom. The van der Waals surface area contributed by atoms with Gasteiger partial charge in [0, 0.05) is 59.8 Å². The number of rotatable bonds is 12. The van der Waals surface area contributed by atoms with Crippen LogP contribution >= 0.6 is 11.6 Å². The second-order valence-corrected chi connectivity index (χ2v) is 16.4. The fourth-order valence-electron chi connectivity index (χ4n) is 8.40. The van der Waals surface area contributed by atoms with E-state index in [2.05, 4.69) is 15.1 Å². The summed E-state index contributed by atoms with van der Waals surface area (Å²) < 4.78 is 99.6. The molecule has 0 amide bonds. The Kier molecular flexibility index (Phi) is 14.2. The molecule has 4 aliphatic carbocycles. The Bertz CT molecular complexity index is 2010. The number of aromatic nitrogens is 2. The molecule has 4 saturated carbocycles. The van der Waals surface area contributed by atoms with Gasteiger partial charge in [-0.15, -0.1) is 11.6 Å². The van der Waals surface area contributed by atoms with E-state index in [1.165, 1.54) is 12.1 Å². The van der Waals surface area contributed by atoms with Crippen LogP contribution < -0.4 is 9.47 Å². The minimum atomic E-state index is -2.91. The van der Waals surface area contributed by atoms with Gasteiger partial charge in [-0.25, -0.2) is 0 Å². The highest BCUT2D eigenvalue weighted by Crippen LogP contribution is 2.47. The predicted molar refractivity (Wildman–Crippen MR) is 211 cm³/mol. The van der Waals surface area contributed by atoms with Crippen molar-refractivity contribution >= 4 is 11.6 Å². The maximum absolute atomic E-state index is 12.9. The second-order valence-electron chi connectivity index (χ2n) is 16.1. The number of halogens is 5. The summed E-state index contributed by atoms with van der Waals surface area (Å²) >= 11 is 5.97. The van der Waals surface area contributed by atoms with Gasteiger partial charge in [0.1, 0.15) is 34.4 Å². The Labute approximate surface area is 356 Å². The maximum Gasteiger partial charge on any atom is 0.387 e. The lowest BCUT2D eigenvalue weighted by Crippen LogP contribution is -2.37. The molecule has 12 nitrogen and oxygen atoms in total. The summed E-state index contributed by atoms with van der Waals surface area (Å²) in [5, 5.41) is 17.5. The lowest BCUT2D eigenvalue weighted by Gasteiger charge is -2.35. The van der Waals surface area contributed by atoms with E-state index in [1.807, 2.05) is 0 Å². The lowest BCUT2D eigenvalue weighted by molar-refractivity contribution is -0.192. The molecule has 6 fully saturated rings. The molecule has 17 heteroatoms. The van der Waals surface area contributed by atoms with Crippen molar-refractivity contribution in [1.82, 2.24) is 10.3 Å². The fourth-order valence-corrected chi connectivity index (χ4v) is 8.66. The zero-order chi connectivity index (χ0) is 42.4. The van der Waals surface area contributed by atoms with Gasteiger partial charge in [0.25, 0.3) is 0 Å². The molecule has 10 rings (SSSR count). The van der Waals surface area contributed by atoms with E-state index in [4.69, 9.17) is 49.1 Å². The van der Waals surface area contributed by atoms with E-state index >= 15 is 0 Å². The van der Waals surface area contributed by atoms with Crippen LogP contribution in [-0.4, -0.2) is 78.9 Å². The van der Waals surface area contributed by atoms with Crippen LogP contribution in [0.3, 0.4) is 0 Å². The molecule has 2 saturated heterocycles. The summed E-state index contributed by atoms with van der Waals surface area (Å²) in [5.74, 6) is 1.90. The molecule has 0 unspecified atom stereocenters. The van der Waals surface area contributed by atoms with E-state index in [-0.39, 0.29) is 35.4 Å². The first-order valence-electron chi connectivity index (χ1n) is 21.1.